The van der Waals surface area contributed by atoms with Crippen molar-refractivity contribution < 1.29 is 15.0 Å². The predicted molar refractivity (Wildman–Crippen MR) is 65.4 cm³/mol. The van der Waals surface area contributed by atoms with Gasteiger partial charge < -0.3 is 15.5 Å². The number of nitrogens with one attached hydrogen (secondary N) is 1. The maximum atomic E-state index is 11.4. The van der Waals surface area contributed by atoms with E-state index in [4.69, 9.17) is 34.8 Å². The van der Waals surface area contributed by atoms with E-state index in [9.17, 15) is 15.0 Å². The molecule has 0 spiro atoms. The second-order valence-corrected chi connectivity index (χ2v) is 5.55. The van der Waals surface area contributed by atoms with Crippen LogP contribution >= 0.6 is 34.8 Å². The van der Waals surface area contributed by atoms with Gasteiger partial charge in [-0.15, -0.1) is 0 Å². The average Bonchev–Trinajstić information content (AvgIpc) is 2.20. The van der Waals surface area contributed by atoms with Gasteiger partial charge in [0, 0.05) is 6.20 Å². The highest BCUT2D eigenvalue weighted by Crippen LogP contribution is 2.32. The third-order valence-corrected chi connectivity index (χ3v) is 2.56. The zero-order valence-electron chi connectivity index (χ0n) is 8.40. The minimum Gasteiger partial charge on any atom is -0.504 e. The highest BCUT2D eigenvalue weighted by Gasteiger charge is 2.32. The fourth-order valence-electron chi connectivity index (χ4n) is 0.968. The summed E-state index contributed by atoms with van der Waals surface area (Å²) < 4.78 is -1.94. The molecule has 0 fully saturated rings. The van der Waals surface area contributed by atoms with Gasteiger partial charge in [0.2, 0.25) is 9.70 Å². The summed E-state index contributed by atoms with van der Waals surface area (Å²) in [7, 11) is 0. The molecule has 5 nitrogen and oxygen atoms in total. The van der Waals surface area contributed by atoms with Gasteiger partial charge in [0.15, 0.2) is 11.6 Å². The number of aliphatic hydroxyl groups is 1. The molecular formula is C9H9Cl3N2O3. The molecule has 0 radical (unpaired) electrons. The molecule has 0 aliphatic rings. The van der Waals surface area contributed by atoms with Crippen molar-refractivity contribution in [2.45, 2.75) is 16.3 Å². The number of aromatic nitrogens is 1. The summed E-state index contributed by atoms with van der Waals surface area (Å²) in [5.41, 5.74) is 0. The van der Waals surface area contributed by atoms with Crippen LogP contribution < -0.4 is 5.32 Å². The number of anilines is 1. The van der Waals surface area contributed by atoms with E-state index in [1.54, 1.807) is 0 Å². The molecule has 1 unspecified atom stereocenters. The van der Waals surface area contributed by atoms with Crippen LogP contribution in [-0.2, 0) is 4.79 Å². The van der Waals surface area contributed by atoms with Crippen LogP contribution in [0.25, 0.3) is 0 Å². The highest BCUT2D eigenvalue weighted by atomic mass is 35.6. The molecule has 0 aliphatic carbocycles. The summed E-state index contributed by atoms with van der Waals surface area (Å²) in [6.07, 6.45) is -0.480. The van der Waals surface area contributed by atoms with E-state index in [0.717, 1.165) is 0 Å². The third-order valence-electron chi connectivity index (χ3n) is 1.80. The van der Waals surface area contributed by atoms with Crippen LogP contribution in [0.15, 0.2) is 18.3 Å². The lowest BCUT2D eigenvalue weighted by Gasteiger charge is -2.18. The molecule has 0 saturated carbocycles. The Kier molecular flexibility index (Phi) is 4.82. The molecule has 0 aliphatic heterocycles. The fourth-order valence-corrected chi connectivity index (χ4v) is 1.20. The topological polar surface area (TPSA) is 82.5 Å². The Bertz CT molecular complexity index is 409. The van der Waals surface area contributed by atoms with Gasteiger partial charge >= 0.3 is 0 Å². The fraction of sp³-hybridized carbons (Fsp3) is 0.333. The van der Waals surface area contributed by atoms with E-state index in [1.807, 2.05) is 0 Å². The van der Waals surface area contributed by atoms with Crippen molar-refractivity contribution in [2.75, 3.05) is 5.32 Å². The van der Waals surface area contributed by atoms with Gasteiger partial charge in [-0.25, -0.2) is 4.98 Å². The minimum absolute atomic E-state index is 0.0194. The maximum Gasteiger partial charge on any atom is 0.228 e. The Morgan fingerprint density at radius 3 is 2.71 bits per heavy atom. The van der Waals surface area contributed by atoms with Crippen molar-refractivity contribution in [3.63, 3.8) is 0 Å². The van der Waals surface area contributed by atoms with E-state index in [2.05, 4.69) is 10.3 Å². The standard InChI is InChI=1S/C9H9Cl3N2O3/c10-9(11,12)6(16)4-7(17)14-8-5(15)2-1-3-13-8/h1-3,6,15-16H,4H2,(H,13,14,17). The third kappa shape index (κ3) is 4.55. The molecule has 1 atom stereocenters. The quantitative estimate of drug-likeness (QED) is 0.744. The molecule has 17 heavy (non-hydrogen) atoms. The first-order valence-electron chi connectivity index (χ1n) is 4.49. The van der Waals surface area contributed by atoms with E-state index >= 15 is 0 Å². The number of carbonyl (C=O) groups excluding carboxylic acids is 1. The Morgan fingerprint density at radius 1 is 1.53 bits per heavy atom. The Morgan fingerprint density at radius 2 is 2.18 bits per heavy atom. The maximum absolute atomic E-state index is 11.4. The smallest absolute Gasteiger partial charge is 0.228 e. The van der Waals surface area contributed by atoms with Crippen molar-refractivity contribution >= 4 is 46.5 Å². The number of carbonyl (C=O) groups is 1. The van der Waals surface area contributed by atoms with Crippen LogP contribution in [0.1, 0.15) is 6.42 Å². The highest BCUT2D eigenvalue weighted by molar-refractivity contribution is 6.68. The molecule has 0 bridgehead atoms. The molecule has 1 heterocycles. The Labute approximate surface area is 112 Å². The molecule has 0 aromatic carbocycles. The van der Waals surface area contributed by atoms with Crippen LogP contribution in [0.3, 0.4) is 0 Å². The van der Waals surface area contributed by atoms with Crippen LogP contribution in [0.2, 0.25) is 0 Å². The summed E-state index contributed by atoms with van der Waals surface area (Å²) in [5.74, 6) is -0.837. The van der Waals surface area contributed by atoms with Gasteiger partial charge in [0.05, 0.1) is 6.42 Å². The first-order valence-corrected chi connectivity index (χ1v) is 5.62. The number of aliphatic hydroxyl groups excluding tert-OH is 1. The minimum atomic E-state index is -1.94. The number of rotatable bonds is 3. The molecule has 8 heteroatoms. The number of nitrogens with zero attached hydrogens (tertiary/aromatic N) is 1. The van der Waals surface area contributed by atoms with Gasteiger partial charge in [-0.05, 0) is 12.1 Å². The van der Waals surface area contributed by atoms with E-state index < -0.39 is 22.2 Å². The number of hydrogen-bond acceptors (Lipinski definition) is 4. The van der Waals surface area contributed by atoms with E-state index in [1.165, 1.54) is 18.3 Å². The number of halogens is 3. The van der Waals surface area contributed by atoms with Crippen molar-refractivity contribution in [3.05, 3.63) is 18.3 Å². The Balaban J connectivity index is 2.60. The molecule has 1 amide bonds. The van der Waals surface area contributed by atoms with Gasteiger partial charge in [0.1, 0.15) is 6.10 Å². The van der Waals surface area contributed by atoms with Crippen LogP contribution in [0.5, 0.6) is 5.75 Å². The molecule has 1 aromatic rings. The first-order chi connectivity index (χ1) is 7.80. The molecule has 0 saturated heterocycles. The van der Waals surface area contributed by atoms with Gasteiger partial charge in [-0.1, -0.05) is 34.8 Å². The second-order valence-electron chi connectivity index (χ2n) is 3.18. The predicted octanol–water partition coefficient (Wildman–Crippen LogP) is 1.85. The zero-order valence-corrected chi connectivity index (χ0v) is 10.7. The SMILES string of the molecule is O=C(CC(O)C(Cl)(Cl)Cl)Nc1ncccc1O. The summed E-state index contributed by atoms with van der Waals surface area (Å²) >= 11 is 16.2. The average molecular weight is 300 g/mol. The lowest BCUT2D eigenvalue weighted by atomic mass is 10.2. The molecule has 94 valence electrons. The number of amides is 1. The molecule has 1 aromatic heterocycles. The monoisotopic (exact) mass is 298 g/mol. The zero-order chi connectivity index (χ0) is 13.1. The number of alkyl halides is 3. The molecule has 1 rings (SSSR count). The summed E-state index contributed by atoms with van der Waals surface area (Å²) in [5, 5.41) is 21.0. The lowest BCUT2D eigenvalue weighted by Crippen LogP contribution is -2.30. The largest absolute Gasteiger partial charge is 0.504 e. The summed E-state index contributed by atoms with van der Waals surface area (Å²) in [6, 6.07) is 2.86. The second kappa shape index (κ2) is 5.73. The van der Waals surface area contributed by atoms with Gasteiger partial charge in [0.25, 0.3) is 0 Å². The van der Waals surface area contributed by atoms with Crippen LogP contribution in [0, 0.1) is 0 Å². The van der Waals surface area contributed by atoms with Gasteiger partial charge in [-0.3, -0.25) is 4.79 Å². The van der Waals surface area contributed by atoms with Crippen molar-refractivity contribution in [3.8, 4) is 5.75 Å². The normalized spacial score (nSPS) is 13.2. The van der Waals surface area contributed by atoms with E-state index in [-0.39, 0.29) is 11.6 Å². The number of hydrogen-bond donors (Lipinski definition) is 3. The molecular weight excluding hydrogens is 290 g/mol. The van der Waals surface area contributed by atoms with Crippen molar-refractivity contribution in [1.82, 2.24) is 4.98 Å². The van der Waals surface area contributed by atoms with Crippen LogP contribution in [0.4, 0.5) is 5.82 Å². The van der Waals surface area contributed by atoms with Crippen molar-refractivity contribution in [2.24, 2.45) is 0 Å². The summed E-state index contributed by atoms with van der Waals surface area (Å²) in [4.78, 5) is 15.1. The van der Waals surface area contributed by atoms with Gasteiger partial charge in [-0.2, -0.15) is 0 Å². The van der Waals surface area contributed by atoms with E-state index in [0.29, 0.717) is 0 Å². The van der Waals surface area contributed by atoms with Crippen LogP contribution in [-0.4, -0.2) is 31.0 Å². The Hall–Kier alpha value is -0.750. The molecule has 3 N–H and O–H groups in total. The van der Waals surface area contributed by atoms with Crippen molar-refractivity contribution in [1.29, 1.82) is 0 Å². The lowest BCUT2D eigenvalue weighted by molar-refractivity contribution is -0.118. The first kappa shape index (κ1) is 14.3. The number of aromatic hydroxyl groups is 1. The number of pyridine rings is 1. The summed E-state index contributed by atoms with van der Waals surface area (Å²) in [6.45, 7) is 0.